The Morgan fingerprint density at radius 2 is 2.03 bits per heavy atom. The van der Waals surface area contributed by atoms with Crippen molar-refractivity contribution in [3.05, 3.63) is 57.7 Å². The number of hydrogen-bond donors (Lipinski definition) is 2. The van der Waals surface area contributed by atoms with E-state index in [-0.39, 0.29) is 11.7 Å². The molecule has 2 N–H and O–H groups in total. The van der Waals surface area contributed by atoms with Crippen LogP contribution < -0.4 is 14.9 Å². The zero-order chi connectivity index (χ0) is 25.2. The number of aromatic nitrogens is 3. The van der Waals surface area contributed by atoms with Gasteiger partial charge in [-0.1, -0.05) is 48.1 Å². The summed E-state index contributed by atoms with van der Waals surface area (Å²) in [6.45, 7) is 4.55. The minimum absolute atomic E-state index is 0.0166. The Hall–Kier alpha value is -3.56. The summed E-state index contributed by atoms with van der Waals surface area (Å²) < 4.78 is 25.6. The van der Waals surface area contributed by atoms with E-state index in [0.29, 0.717) is 40.3 Å². The van der Waals surface area contributed by atoms with Crippen molar-refractivity contribution >= 4 is 44.2 Å². The van der Waals surface area contributed by atoms with Crippen LogP contribution in [0.25, 0.3) is 0 Å². The molecule has 0 bridgehead atoms. The monoisotopic (exact) mass is 511 g/mol. The third-order valence-electron chi connectivity index (χ3n) is 5.66. The minimum Gasteiger partial charge on any atom is -0.334 e. The van der Waals surface area contributed by atoms with Crippen LogP contribution in [-0.2, 0) is 16.4 Å². The predicted molar refractivity (Wildman–Crippen MR) is 134 cm³/mol. The third kappa shape index (κ3) is 5.58. The second-order valence-electron chi connectivity index (χ2n) is 8.28. The molecule has 0 spiro atoms. The molecule has 4 rings (SSSR count). The number of rotatable bonds is 7. The maximum atomic E-state index is 13.0. The fraction of sp³-hybridized carbons (Fsp3) is 0.348. The molecule has 1 amide bonds. The standard InChI is InChI=1S/C23H25N7O3S2/c1-4-17-19(21(31)29-35(3,32)33)26-22(27-20(17)28-23-25-13-16(12-24)34-23)30-11-5-6-18(30)15-9-7-14(2)8-10-15/h7-10,13,18H,4-6,11H2,1-3H3,(H,29,31)(H,25,26,27,28). The minimum atomic E-state index is -3.80. The normalized spacial score (nSPS) is 15.6. The van der Waals surface area contributed by atoms with Gasteiger partial charge in [-0.15, -0.1) is 0 Å². The van der Waals surface area contributed by atoms with Crippen molar-refractivity contribution in [3.63, 3.8) is 0 Å². The number of nitrogens with zero attached hydrogens (tertiary/aromatic N) is 5. The summed E-state index contributed by atoms with van der Waals surface area (Å²) in [5.74, 6) is -0.146. The van der Waals surface area contributed by atoms with Crippen molar-refractivity contribution in [3.8, 4) is 6.07 Å². The number of sulfonamides is 1. The van der Waals surface area contributed by atoms with Crippen molar-refractivity contribution in [1.29, 1.82) is 5.26 Å². The fourth-order valence-corrected chi connectivity index (χ4v) is 5.12. The average Bonchev–Trinajstić information content (AvgIpc) is 3.47. The predicted octanol–water partition coefficient (Wildman–Crippen LogP) is 3.45. The lowest BCUT2D eigenvalue weighted by Gasteiger charge is -2.26. The van der Waals surface area contributed by atoms with E-state index >= 15 is 0 Å². The molecule has 3 aromatic rings. The maximum Gasteiger partial charge on any atom is 0.283 e. The molecule has 2 aromatic heterocycles. The molecule has 1 saturated heterocycles. The number of carbonyl (C=O) groups excluding carboxylic acids is 1. The van der Waals surface area contributed by atoms with Gasteiger partial charge in [0.05, 0.1) is 18.5 Å². The molecule has 12 heteroatoms. The summed E-state index contributed by atoms with van der Waals surface area (Å²) >= 11 is 1.15. The first-order chi connectivity index (χ1) is 16.7. The van der Waals surface area contributed by atoms with Crippen molar-refractivity contribution in [1.82, 2.24) is 19.7 Å². The Morgan fingerprint density at radius 3 is 2.66 bits per heavy atom. The summed E-state index contributed by atoms with van der Waals surface area (Å²) in [5.41, 5.74) is 2.71. The van der Waals surface area contributed by atoms with Gasteiger partial charge < -0.3 is 10.2 Å². The second kappa shape index (κ2) is 9.97. The van der Waals surface area contributed by atoms with Gasteiger partial charge in [-0.2, -0.15) is 10.2 Å². The molecule has 0 saturated carbocycles. The van der Waals surface area contributed by atoms with Gasteiger partial charge >= 0.3 is 0 Å². The number of nitrogens with one attached hydrogen (secondary N) is 2. The molecule has 1 fully saturated rings. The molecule has 0 aliphatic carbocycles. The van der Waals surface area contributed by atoms with E-state index < -0.39 is 15.9 Å². The zero-order valence-electron chi connectivity index (χ0n) is 19.6. The molecule has 182 valence electrons. The lowest BCUT2D eigenvalue weighted by Crippen LogP contribution is -2.33. The highest BCUT2D eigenvalue weighted by Crippen LogP contribution is 2.36. The molecule has 1 aliphatic rings. The van der Waals surface area contributed by atoms with E-state index in [0.717, 1.165) is 41.6 Å². The molecule has 1 aliphatic heterocycles. The van der Waals surface area contributed by atoms with Crippen LogP contribution in [0, 0.1) is 18.3 Å². The third-order valence-corrected chi connectivity index (χ3v) is 7.03. The van der Waals surface area contributed by atoms with Crippen LogP contribution in [-0.4, -0.2) is 42.1 Å². The van der Waals surface area contributed by atoms with Gasteiger partial charge in [0.15, 0.2) is 5.13 Å². The number of aryl methyl sites for hydroxylation is 1. The molecule has 0 radical (unpaired) electrons. The van der Waals surface area contributed by atoms with Crippen LogP contribution >= 0.6 is 11.3 Å². The number of carbonyl (C=O) groups is 1. The first-order valence-electron chi connectivity index (χ1n) is 11.1. The van der Waals surface area contributed by atoms with E-state index in [9.17, 15) is 13.2 Å². The number of amides is 1. The van der Waals surface area contributed by atoms with Crippen molar-refractivity contribution in [2.24, 2.45) is 0 Å². The van der Waals surface area contributed by atoms with E-state index in [4.69, 9.17) is 10.2 Å². The molecule has 1 aromatic carbocycles. The first kappa shape index (κ1) is 24.6. The van der Waals surface area contributed by atoms with E-state index in [2.05, 4.69) is 39.6 Å². The summed E-state index contributed by atoms with van der Waals surface area (Å²) in [7, 11) is -3.80. The lowest BCUT2D eigenvalue weighted by molar-refractivity contribution is 0.0975. The Labute approximate surface area is 208 Å². The molecule has 35 heavy (non-hydrogen) atoms. The largest absolute Gasteiger partial charge is 0.334 e. The van der Waals surface area contributed by atoms with Crippen molar-refractivity contribution in [2.45, 2.75) is 39.2 Å². The lowest BCUT2D eigenvalue weighted by atomic mass is 10.0. The highest BCUT2D eigenvalue weighted by Gasteiger charge is 2.31. The van der Waals surface area contributed by atoms with Crippen LogP contribution in [0.5, 0.6) is 0 Å². The van der Waals surface area contributed by atoms with Crippen LogP contribution in [0.4, 0.5) is 16.9 Å². The highest BCUT2D eigenvalue weighted by atomic mass is 32.2. The number of hydrogen-bond acceptors (Lipinski definition) is 10. The van der Waals surface area contributed by atoms with Crippen LogP contribution in [0.1, 0.15) is 57.9 Å². The van der Waals surface area contributed by atoms with Gasteiger partial charge in [-0.25, -0.2) is 23.1 Å². The molecule has 1 atom stereocenters. The van der Waals surface area contributed by atoms with Gasteiger partial charge in [0, 0.05) is 12.1 Å². The number of thiazole rings is 1. The molecule has 1 unspecified atom stereocenters. The highest BCUT2D eigenvalue weighted by molar-refractivity contribution is 7.89. The molecular weight excluding hydrogens is 486 g/mol. The Morgan fingerprint density at radius 1 is 1.29 bits per heavy atom. The van der Waals surface area contributed by atoms with Gasteiger partial charge in [-0.3, -0.25) is 4.79 Å². The number of benzene rings is 1. The second-order valence-corrected chi connectivity index (χ2v) is 11.1. The summed E-state index contributed by atoms with van der Waals surface area (Å²) in [4.78, 5) is 28.9. The summed E-state index contributed by atoms with van der Waals surface area (Å²) in [5, 5.41) is 12.7. The number of nitriles is 1. The van der Waals surface area contributed by atoms with Crippen molar-refractivity contribution in [2.75, 3.05) is 23.0 Å². The van der Waals surface area contributed by atoms with E-state index in [1.165, 1.54) is 6.20 Å². The topological polar surface area (TPSA) is 141 Å². The zero-order valence-corrected chi connectivity index (χ0v) is 21.2. The van der Waals surface area contributed by atoms with Crippen LogP contribution in [0.15, 0.2) is 30.5 Å². The van der Waals surface area contributed by atoms with Crippen LogP contribution in [0.2, 0.25) is 0 Å². The smallest absolute Gasteiger partial charge is 0.283 e. The average molecular weight is 512 g/mol. The fourth-order valence-electron chi connectivity index (χ4n) is 4.07. The summed E-state index contributed by atoms with van der Waals surface area (Å²) in [6.07, 6.45) is 4.56. The molecule has 3 heterocycles. The quantitative estimate of drug-likeness (QED) is 0.488. The SMILES string of the molecule is CCc1c(Nc2ncc(C#N)s2)nc(N2CCCC2c2ccc(C)cc2)nc1C(=O)NS(C)(=O)=O. The van der Waals surface area contributed by atoms with Gasteiger partial charge in [0.25, 0.3) is 5.91 Å². The van der Waals surface area contributed by atoms with Gasteiger partial charge in [-0.05, 0) is 31.7 Å². The van der Waals surface area contributed by atoms with E-state index in [1.807, 2.05) is 29.5 Å². The Bertz CT molecular complexity index is 1400. The molecule has 10 nitrogen and oxygen atoms in total. The van der Waals surface area contributed by atoms with Crippen LogP contribution in [0.3, 0.4) is 0 Å². The van der Waals surface area contributed by atoms with E-state index in [1.54, 1.807) is 0 Å². The Balaban J connectivity index is 1.81. The van der Waals surface area contributed by atoms with Gasteiger partial charge in [0.1, 0.15) is 22.5 Å². The molecular formula is C23H25N7O3S2. The first-order valence-corrected chi connectivity index (χ1v) is 13.8. The number of anilines is 3. The van der Waals surface area contributed by atoms with Crippen molar-refractivity contribution < 1.29 is 13.2 Å². The summed E-state index contributed by atoms with van der Waals surface area (Å²) in [6, 6.07) is 10.3. The Kier molecular flexibility index (Phi) is 7.00. The van der Waals surface area contributed by atoms with Gasteiger partial charge in [0.2, 0.25) is 16.0 Å². The maximum absolute atomic E-state index is 13.0.